The fraction of sp³-hybridized carbons (Fsp3) is 0.889. The van der Waals surface area contributed by atoms with Crippen LogP contribution in [0, 0.1) is 5.92 Å². The van der Waals surface area contributed by atoms with Gasteiger partial charge >= 0.3 is 0 Å². The van der Waals surface area contributed by atoms with Gasteiger partial charge in [-0.05, 0) is 12.8 Å². The Morgan fingerprint density at radius 2 is 2.08 bits per heavy atom. The van der Waals surface area contributed by atoms with E-state index in [1.807, 2.05) is 13.8 Å². The van der Waals surface area contributed by atoms with Gasteiger partial charge in [-0.1, -0.05) is 20.3 Å². The summed E-state index contributed by atoms with van der Waals surface area (Å²) in [5.41, 5.74) is 5.68. The molecule has 78 valence electrons. The summed E-state index contributed by atoms with van der Waals surface area (Å²) in [7, 11) is 0. The average Bonchev–Trinajstić information content (AvgIpc) is 2.14. The molecule has 0 radical (unpaired) electrons. The fourth-order valence-corrected chi connectivity index (χ4v) is 0.897. The quantitative estimate of drug-likeness (QED) is 0.562. The Balaban J connectivity index is 3.96. The number of carbonyl (C=O) groups excluding carboxylic acids is 1. The molecule has 0 fully saturated rings. The van der Waals surface area contributed by atoms with Crippen molar-refractivity contribution >= 4 is 5.91 Å². The van der Waals surface area contributed by atoms with Crippen molar-refractivity contribution in [2.45, 2.75) is 39.3 Å². The number of aliphatic hydroxyl groups is 1. The smallest absolute Gasteiger partial charge is 0.237 e. The lowest BCUT2D eigenvalue weighted by Gasteiger charge is -2.19. The number of rotatable bonds is 5. The molecule has 0 bridgehead atoms. The number of amides is 1. The Labute approximate surface area is 79.5 Å². The van der Waals surface area contributed by atoms with Gasteiger partial charge in [0.25, 0.3) is 0 Å². The maximum absolute atomic E-state index is 11.4. The average molecular weight is 188 g/mol. The molecule has 0 aliphatic rings. The summed E-state index contributed by atoms with van der Waals surface area (Å²) < 4.78 is 0. The van der Waals surface area contributed by atoms with Crippen molar-refractivity contribution in [2.24, 2.45) is 11.7 Å². The van der Waals surface area contributed by atoms with Crippen molar-refractivity contribution in [1.82, 2.24) is 5.32 Å². The highest BCUT2D eigenvalue weighted by Crippen LogP contribution is 2.05. The van der Waals surface area contributed by atoms with Gasteiger partial charge in [-0.3, -0.25) is 4.79 Å². The van der Waals surface area contributed by atoms with Gasteiger partial charge in [0.15, 0.2) is 0 Å². The fourth-order valence-electron chi connectivity index (χ4n) is 0.897. The predicted octanol–water partition coefficient (Wildman–Crippen LogP) is -0.143. The lowest BCUT2D eigenvalue weighted by Crippen LogP contribution is -2.48. The molecule has 0 saturated heterocycles. The summed E-state index contributed by atoms with van der Waals surface area (Å²) in [6.45, 7) is 5.61. The third-order valence-corrected chi connectivity index (χ3v) is 2.22. The second-order valence-electron chi connectivity index (χ2n) is 3.50. The number of hydrogen-bond donors (Lipinski definition) is 3. The van der Waals surface area contributed by atoms with Crippen molar-refractivity contribution in [1.29, 1.82) is 0 Å². The van der Waals surface area contributed by atoms with E-state index >= 15 is 0 Å². The molecule has 0 aromatic rings. The van der Waals surface area contributed by atoms with Gasteiger partial charge in [-0.25, -0.2) is 0 Å². The van der Waals surface area contributed by atoms with Crippen molar-refractivity contribution < 1.29 is 9.90 Å². The van der Waals surface area contributed by atoms with Crippen LogP contribution in [-0.4, -0.2) is 29.7 Å². The predicted molar refractivity (Wildman–Crippen MR) is 52.1 cm³/mol. The maximum Gasteiger partial charge on any atom is 0.237 e. The van der Waals surface area contributed by atoms with E-state index in [2.05, 4.69) is 5.32 Å². The molecule has 0 rings (SSSR count). The van der Waals surface area contributed by atoms with Crippen LogP contribution in [0.2, 0.25) is 0 Å². The zero-order valence-electron chi connectivity index (χ0n) is 8.58. The van der Waals surface area contributed by atoms with Gasteiger partial charge in [-0.15, -0.1) is 0 Å². The molecule has 3 atom stereocenters. The molecule has 0 saturated carbocycles. The molecular weight excluding hydrogens is 168 g/mol. The standard InChI is InChI=1S/C9H20N2O2/c1-4-6(2)8(10)9(13)11-7(3)5-12/h6-8,12H,4-5,10H2,1-3H3,(H,11,13)/t6?,7?,8-/m0/s1. The molecule has 0 heterocycles. The van der Waals surface area contributed by atoms with Crippen molar-refractivity contribution in [3.8, 4) is 0 Å². The number of nitrogens with two attached hydrogens (primary N) is 1. The lowest BCUT2D eigenvalue weighted by molar-refractivity contribution is -0.124. The highest BCUT2D eigenvalue weighted by Gasteiger charge is 2.20. The third kappa shape index (κ3) is 4.24. The highest BCUT2D eigenvalue weighted by molar-refractivity contribution is 5.82. The minimum Gasteiger partial charge on any atom is -0.394 e. The Morgan fingerprint density at radius 3 is 2.46 bits per heavy atom. The van der Waals surface area contributed by atoms with Crippen LogP contribution in [0.4, 0.5) is 0 Å². The summed E-state index contributed by atoms with van der Waals surface area (Å²) in [5.74, 6) is -0.0122. The van der Waals surface area contributed by atoms with Gasteiger partial charge in [0, 0.05) is 6.04 Å². The molecule has 0 aliphatic carbocycles. The number of aliphatic hydroxyl groups excluding tert-OH is 1. The molecular formula is C9H20N2O2. The first-order chi connectivity index (χ1) is 6.02. The van der Waals surface area contributed by atoms with Gasteiger partial charge in [0.2, 0.25) is 5.91 Å². The van der Waals surface area contributed by atoms with Gasteiger partial charge in [0.1, 0.15) is 0 Å². The van der Waals surface area contributed by atoms with Crippen LogP contribution in [-0.2, 0) is 4.79 Å². The van der Waals surface area contributed by atoms with Crippen molar-refractivity contribution in [2.75, 3.05) is 6.61 Å². The second kappa shape index (κ2) is 5.94. The first kappa shape index (κ1) is 12.4. The van der Waals surface area contributed by atoms with E-state index in [-0.39, 0.29) is 24.5 Å². The molecule has 4 heteroatoms. The minimum atomic E-state index is -0.473. The van der Waals surface area contributed by atoms with Crippen LogP contribution >= 0.6 is 0 Å². The normalized spacial score (nSPS) is 17.6. The third-order valence-electron chi connectivity index (χ3n) is 2.22. The highest BCUT2D eigenvalue weighted by atomic mass is 16.3. The van der Waals surface area contributed by atoms with E-state index in [1.165, 1.54) is 0 Å². The molecule has 0 aromatic carbocycles. The van der Waals surface area contributed by atoms with Gasteiger partial charge in [0.05, 0.1) is 12.6 Å². The Bertz CT molecular complexity index is 162. The zero-order chi connectivity index (χ0) is 10.4. The lowest BCUT2D eigenvalue weighted by atomic mass is 9.99. The Hall–Kier alpha value is -0.610. The molecule has 4 N–H and O–H groups in total. The van der Waals surface area contributed by atoms with E-state index in [9.17, 15) is 4.79 Å². The molecule has 1 amide bonds. The van der Waals surface area contributed by atoms with Crippen LogP contribution in [0.1, 0.15) is 27.2 Å². The largest absolute Gasteiger partial charge is 0.394 e. The van der Waals surface area contributed by atoms with E-state index < -0.39 is 6.04 Å². The SMILES string of the molecule is CCC(C)[C@H](N)C(=O)NC(C)CO. The Kier molecular flexibility index (Phi) is 5.66. The van der Waals surface area contributed by atoms with Gasteiger partial charge < -0.3 is 16.2 Å². The van der Waals surface area contributed by atoms with E-state index in [1.54, 1.807) is 6.92 Å². The zero-order valence-corrected chi connectivity index (χ0v) is 8.58. The van der Waals surface area contributed by atoms with E-state index in [0.717, 1.165) is 6.42 Å². The van der Waals surface area contributed by atoms with E-state index in [0.29, 0.717) is 0 Å². The molecule has 2 unspecified atom stereocenters. The summed E-state index contributed by atoms with van der Waals surface area (Å²) >= 11 is 0. The molecule has 0 aliphatic heterocycles. The number of hydrogen-bond acceptors (Lipinski definition) is 3. The molecule has 13 heavy (non-hydrogen) atoms. The topological polar surface area (TPSA) is 75.4 Å². The van der Waals surface area contributed by atoms with Crippen molar-refractivity contribution in [3.63, 3.8) is 0 Å². The summed E-state index contributed by atoms with van der Waals surface area (Å²) in [6.07, 6.45) is 0.877. The molecule has 4 nitrogen and oxygen atoms in total. The van der Waals surface area contributed by atoms with Crippen LogP contribution in [0.15, 0.2) is 0 Å². The molecule has 0 spiro atoms. The van der Waals surface area contributed by atoms with E-state index in [4.69, 9.17) is 10.8 Å². The van der Waals surface area contributed by atoms with Crippen LogP contribution in [0.25, 0.3) is 0 Å². The monoisotopic (exact) mass is 188 g/mol. The molecule has 0 aromatic heterocycles. The minimum absolute atomic E-state index is 0.0566. The first-order valence-electron chi connectivity index (χ1n) is 4.69. The first-order valence-corrected chi connectivity index (χ1v) is 4.69. The summed E-state index contributed by atoms with van der Waals surface area (Å²) in [6, 6.07) is -0.693. The van der Waals surface area contributed by atoms with Crippen LogP contribution in [0.5, 0.6) is 0 Å². The number of carbonyl (C=O) groups is 1. The van der Waals surface area contributed by atoms with Crippen LogP contribution in [0.3, 0.4) is 0 Å². The number of nitrogens with one attached hydrogen (secondary N) is 1. The van der Waals surface area contributed by atoms with Crippen LogP contribution < -0.4 is 11.1 Å². The Morgan fingerprint density at radius 1 is 1.54 bits per heavy atom. The van der Waals surface area contributed by atoms with Crippen molar-refractivity contribution in [3.05, 3.63) is 0 Å². The second-order valence-corrected chi connectivity index (χ2v) is 3.50. The summed E-state index contributed by atoms with van der Waals surface area (Å²) in [4.78, 5) is 11.4. The maximum atomic E-state index is 11.4. The van der Waals surface area contributed by atoms with Gasteiger partial charge in [-0.2, -0.15) is 0 Å². The summed E-state index contributed by atoms with van der Waals surface area (Å²) in [5, 5.41) is 11.3.